The molecule has 23 heavy (non-hydrogen) atoms. The van der Waals surface area contributed by atoms with Crippen molar-refractivity contribution in [2.45, 2.75) is 28.6 Å². The number of hydrogen-bond acceptors (Lipinski definition) is 4. The van der Waals surface area contributed by atoms with Crippen molar-refractivity contribution >= 4 is 23.7 Å². The number of fused-ring (bicyclic) bond motifs is 1. The van der Waals surface area contributed by atoms with Gasteiger partial charge in [0.15, 0.2) is 0 Å². The van der Waals surface area contributed by atoms with Crippen molar-refractivity contribution in [3.8, 4) is 0 Å². The topological polar surface area (TPSA) is 101 Å². The number of rotatable bonds is 5. The Morgan fingerprint density at radius 3 is 2.39 bits per heavy atom. The summed E-state index contributed by atoms with van der Waals surface area (Å²) in [5, 5.41) is 17.8. The van der Waals surface area contributed by atoms with Crippen molar-refractivity contribution in [2.24, 2.45) is 17.6 Å². The minimum atomic E-state index is -2.54. The van der Waals surface area contributed by atoms with Crippen LogP contribution in [0.25, 0.3) is 0 Å². The summed E-state index contributed by atoms with van der Waals surface area (Å²) >= 11 is 1.24. The highest BCUT2D eigenvalue weighted by molar-refractivity contribution is 7.99. The molecular weight excluding hydrogens is 328 g/mol. The lowest BCUT2D eigenvalue weighted by atomic mass is 9.90. The van der Waals surface area contributed by atoms with E-state index in [0.29, 0.717) is 5.75 Å². The van der Waals surface area contributed by atoms with E-state index in [9.17, 15) is 23.5 Å². The molecule has 3 rings (SSSR count). The minimum Gasteiger partial charge on any atom is -0.480 e. The molecule has 0 aromatic heterocycles. The van der Waals surface area contributed by atoms with Gasteiger partial charge in [0.2, 0.25) is 5.67 Å². The second kappa shape index (κ2) is 5.17. The zero-order chi connectivity index (χ0) is 17.0. The Bertz CT molecular complexity index is 670. The van der Waals surface area contributed by atoms with Crippen LogP contribution in [-0.2, 0) is 15.3 Å². The molecule has 0 heterocycles. The smallest absolute Gasteiger partial charge is 0.342 e. The number of halogens is 2. The Balaban J connectivity index is 1.75. The average molecular weight is 343 g/mol. The van der Waals surface area contributed by atoms with Gasteiger partial charge in [-0.1, -0.05) is 12.1 Å². The van der Waals surface area contributed by atoms with Crippen LogP contribution in [-0.4, -0.2) is 38.6 Å². The lowest BCUT2D eigenvalue weighted by molar-refractivity contribution is -0.149. The van der Waals surface area contributed by atoms with Gasteiger partial charge in [-0.25, -0.2) is 13.6 Å². The largest absolute Gasteiger partial charge is 0.480 e. The maximum atomic E-state index is 14.4. The van der Waals surface area contributed by atoms with E-state index in [1.54, 1.807) is 12.1 Å². The standard InChI is InChI=1S/C15H15F2NO4S/c16-8-3-1-7(2-4-8)6-23-10-5-9-11(14(9,17)12(19)20)15(10,18)13(21)22/h1-4,9-11H,5-6,18H2,(H,19,20)(H,21,22)/t9-,10-,11+,14-,15+/m1/s1. The lowest BCUT2D eigenvalue weighted by Crippen LogP contribution is -2.58. The van der Waals surface area contributed by atoms with E-state index < -0.39 is 40.2 Å². The fourth-order valence-corrected chi connectivity index (χ4v) is 5.04. The van der Waals surface area contributed by atoms with Gasteiger partial charge in [0, 0.05) is 22.8 Å². The summed E-state index contributed by atoms with van der Waals surface area (Å²) in [6.07, 6.45) is 0.0993. The molecular formula is C15H15F2NO4S. The van der Waals surface area contributed by atoms with Crippen molar-refractivity contribution in [3.05, 3.63) is 35.6 Å². The predicted molar refractivity (Wildman–Crippen MR) is 79.1 cm³/mol. The number of nitrogens with two attached hydrogens (primary N) is 1. The van der Waals surface area contributed by atoms with Gasteiger partial charge in [0.1, 0.15) is 11.4 Å². The van der Waals surface area contributed by atoms with Crippen LogP contribution in [0.2, 0.25) is 0 Å². The zero-order valence-electron chi connectivity index (χ0n) is 11.9. The van der Waals surface area contributed by atoms with Gasteiger partial charge < -0.3 is 15.9 Å². The molecule has 0 radical (unpaired) electrons. The highest BCUT2D eigenvalue weighted by Gasteiger charge is 2.84. The number of hydrogen-bond donors (Lipinski definition) is 3. The Hall–Kier alpha value is -1.67. The minimum absolute atomic E-state index is 0.0993. The molecule has 5 nitrogen and oxygen atoms in total. The third-order valence-corrected chi connectivity index (χ3v) is 6.35. The number of thioether (sulfide) groups is 1. The molecule has 2 saturated carbocycles. The van der Waals surface area contributed by atoms with Crippen LogP contribution in [0.15, 0.2) is 24.3 Å². The summed E-state index contributed by atoms with van der Waals surface area (Å²) in [6, 6.07) is 5.75. The van der Waals surface area contributed by atoms with Gasteiger partial charge in [0.05, 0.1) is 0 Å². The van der Waals surface area contributed by atoms with Crippen LogP contribution in [0.3, 0.4) is 0 Å². The van der Waals surface area contributed by atoms with Crippen LogP contribution >= 0.6 is 11.8 Å². The maximum Gasteiger partial charge on any atom is 0.342 e. The predicted octanol–water partition coefficient (Wildman–Crippen LogP) is 1.65. The summed E-state index contributed by atoms with van der Waals surface area (Å²) in [6.45, 7) is 0. The molecule has 0 spiro atoms. The van der Waals surface area contributed by atoms with Gasteiger partial charge in [0.25, 0.3) is 0 Å². The highest BCUT2D eigenvalue weighted by Crippen LogP contribution is 2.68. The van der Waals surface area contributed by atoms with Crippen molar-refractivity contribution < 1.29 is 28.6 Å². The van der Waals surface area contributed by atoms with E-state index >= 15 is 0 Å². The average Bonchev–Trinajstić information content (AvgIpc) is 2.96. The fourth-order valence-electron chi connectivity index (χ4n) is 3.58. The summed E-state index contributed by atoms with van der Waals surface area (Å²) in [5.74, 6) is -5.10. The SMILES string of the molecule is N[C@]1(C(=O)O)[C@H]2[C@@H](C[C@H]1SCc1ccc(F)cc1)[C@]2(F)C(=O)O. The quantitative estimate of drug-likeness (QED) is 0.752. The molecule has 1 aromatic carbocycles. The number of carboxylic acid groups (broad SMARTS) is 2. The first kappa shape index (κ1) is 16.2. The monoisotopic (exact) mass is 343 g/mol. The van der Waals surface area contributed by atoms with E-state index in [0.717, 1.165) is 5.56 Å². The molecule has 2 aliphatic rings. The van der Waals surface area contributed by atoms with Gasteiger partial charge in [-0.05, 0) is 24.1 Å². The molecule has 4 N–H and O–H groups in total. The van der Waals surface area contributed by atoms with E-state index in [2.05, 4.69) is 0 Å². The van der Waals surface area contributed by atoms with E-state index in [-0.39, 0.29) is 12.2 Å². The molecule has 0 saturated heterocycles. The summed E-state index contributed by atoms with van der Waals surface area (Å²) < 4.78 is 27.2. The van der Waals surface area contributed by atoms with Gasteiger partial charge in [-0.3, -0.25) is 4.79 Å². The normalized spacial score (nSPS) is 38.1. The highest BCUT2D eigenvalue weighted by atomic mass is 32.2. The van der Waals surface area contributed by atoms with Crippen molar-refractivity contribution in [2.75, 3.05) is 0 Å². The maximum absolute atomic E-state index is 14.4. The van der Waals surface area contributed by atoms with Crippen LogP contribution < -0.4 is 5.73 Å². The Kier molecular flexibility index (Phi) is 3.64. The Morgan fingerprint density at radius 2 is 1.87 bits per heavy atom. The number of carbonyl (C=O) groups is 2. The molecule has 0 amide bonds. The first-order valence-electron chi connectivity index (χ1n) is 7.03. The number of carboxylic acids is 2. The Labute approximate surface area is 134 Å². The van der Waals surface area contributed by atoms with Crippen molar-refractivity contribution in [1.82, 2.24) is 0 Å². The van der Waals surface area contributed by atoms with Gasteiger partial charge in [-0.15, -0.1) is 0 Å². The van der Waals surface area contributed by atoms with Crippen molar-refractivity contribution in [3.63, 3.8) is 0 Å². The third kappa shape index (κ3) is 2.23. The Morgan fingerprint density at radius 1 is 1.26 bits per heavy atom. The number of aliphatic carboxylic acids is 2. The third-order valence-electron chi connectivity index (χ3n) is 4.86. The molecule has 8 heteroatoms. The molecule has 0 aliphatic heterocycles. The fraction of sp³-hybridized carbons (Fsp3) is 0.467. The molecule has 0 bridgehead atoms. The molecule has 2 fully saturated rings. The number of benzene rings is 1. The van der Waals surface area contributed by atoms with Crippen LogP contribution in [0.4, 0.5) is 8.78 Å². The summed E-state index contributed by atoms with van der Waals surface area (Å²) in [5.41, 5.74) is 2.28. The van der Waals surface area contributed by atoms with Crippen LogP contribution in [0.5, 0.6) is 0 Å². The summed E-state index contributed by atoms with van der Waals surface area (Å²) in [4.78, 5) is 22.6. The van der Waals surface area contributed by atoms with Crippen LogP contribution in [0.1, 0.15) is 12.0 Å². The van der Waals surface area contributed by atoms with Crippen LogP contribution in [0, 0.1) is 17.7 Å². The first-order chi connectivity index (χ1) is 10.7. The second-order valence-corrected chi connectivity index (χ2v) is 7.25. The van der Waals surface area contributed by atoms with Crippen molar-refractivity contribution in [1.29, 1.82) is 0 Å². The van der Waals surface area contributed by atoms with E-state index in [1.165, 1.54) is 23.9 Å². The number of alkyl halides is 1. The molecule has 124 valence electrons. The molecule has 2 aliphatic carbocycles. The lowest BCUT2D eigenvalue weighted by Gasteiger charge is -2.31. The van der Waals surface area contributed by atoms with Gasteiger partial charge >= 0.3 is 11.9 Å². The first-order valence-corrected chi connectivity index (χ1v) is 8.07. The van der Waals surface area contributed by atoms with Gasteiger partial charge in [-0.2, -0.15) is 11.8 Å². The summed E-state index contributed by atoms with van der Waals surface area (Å²) in [7, 11) is 0. The van der Waals surface area contributed by atoms with E-state index in [4.69, 9.17) is 10.8 Å². The molecule has 5 atom stereocenters. The molecule has 0 unspecified atom stereocenters. The molecule has 1 aromatic rings. The second-order valence-electron chi connectivity index (χ2n) is 6.06. The van der Waals surface area contributed by atoms with E-state index in [1.807, 2.05) is 0 Å². The zero-order valence-corrected chi connectivity index (χ0v) is 12.7.